The molecule has 0 spiro atoms. The van der Waals surface area contributed by atoms with Gasteiger partial charge in [-0.05, 0) is 36.8 Å². The normalized spacial score (nSPS) is 15.4. The molecule has 0 rings (SSSR count). The van der Waals surface area contributed by atoms with E-state index in [0.29, 0.717) is 5.92 Å². The van der Waals surface area contributed by atoms with E-state index < -0.39 is 0 Å². The van der Waals surface area contributed by atoms with E-state index in [1.807, 2.05) is 13.0 Å². The molecule has 0 aromatic carbocycles. The molecular formula is C15H26O. The Kier molecular flexibility index (Phi) is 8.69. The number of hydrogen-bond acceptors (Lipinski definition) is 1. The number of allylic oxidation sites excluding steroid dienone is 5. The molecule has 0 aromatic rings. The summed E-state index contributed by atoms with van der Waals surface area (Å²) in [7, 11) is 0. The summed E-state index contributed by atoms with van der Waals surface area (Å²) < 4.78 is 0. The fraction of sp³-hybridized carbons (Fsp3) is 0.600. The van der Waals surface area contributed by atoms with Crippen molar-refractivity contribution in [1.29, 1.82) is 0 Å². The summed E-state index contributed by atoms with van der Waals surface area (Å²) in [5, 5.41) is 8.57. The summed E-state index contributed by atoms with van der Waals surface area (Å²) in [4.78, 5) is 0. The Morgan fingerprint density at radius 2 is 1.88 bits per heavy atom. The molecule has 0 aliphatic carbocycles. The van der Waals surface area contributed by atoms with E-state index in [1.165, 1.54) is 19.3 Å². The van der Waals surface area contributed by atoms with Crippen molar-refractivity contribution in [3.8, 4) is 0 Å². The van der Waals surface area contributed by atoms with Crippen LogP contribution in [0, 0.1) is 11.8 Å². The second-order valence-electron chi connectivity index (χ2n) is 4.91. The van der Waals surface area contributed by atoms with Crippen LogP contribution in [0.15, 0.2) is 36.1 Å². The molecule has 0 fully saturated rings. The molecule has 1 atom stereocenters. The monoisotopic (exact) mass is 222 g/mol. The average molecular weight is 222 g/mol. The van der Waals surface area contributed by atoms with E-state index in [9.17, 15) is 0 Å². The molecule has 0 saturated carbocycles. The second-order valence-corrected chi connectivity index (χ2v) is 4.91. The molecule has 0 bridgehead atoms. The van der Waals surface area contributed by atoms with Crippen molar-refractivity contribution in [2.24, 2.45) is 11.8 Å². The number of hydrogen-bond donors (Lipinski definition) is 1. The molecule has 0 heterocycles. The molecular weight excluding hydrogens is 196 g/mol. The fourth-order valence-corrected chi connectivity index (χ4v) is 1.51. The summed E-state index contributed by atoms with van der Waals surface area (Å²) >= 11 is 0. The Morgan fingerprint density at radius 3 is 2.44 bits per heavy atom. The Balaban J connectivity index is 3.82. The maximum atomic E-state index is 8.57. The fourth-order valence-electron chi connectivity index (χ4n) is 1.51. The lowest BCUT2D eigenvalue weighted by Crippen LogP contribution is -1.92. The van der Waals surface area contributed by atoms with Crippen molar-refractivity contribution in [3.63, 3.8) is 0 Å². The lowest BCUT2D eigenvalue weighted by molar-refractivity contribution is 0.473. The van der Waals surface area contributed by atoms with Crippen LogP contribution in [0.2, 0.25) is 0 Å². The maximum Gasteiger partial charge on any atom is 0.0794 e. The third-order valence-electron chi connectivity index (χ3n) is 2.58. The smallest absolute Gasteiger partial charge is 0.0794 e. The van der Waals surface area contributed by atoms with Gasteiger partial charge in [-0.3, -0.25) is 0 Å². The first-order chi connectivity index (χ1) is 7.56. The van der Waals surface area contributed by atoms with Gasteiger partial charge in [0, 0.05) is 0 Å². The number of aliphatic hydroxyl groups is 1. The molecule has 0 radical (unpaired) electrons. The van der Waals surface area contributed by atoms with E-state index in [0.717, 1.165) is 17.8 Å². The van der Waals surface area contributed by atoms with Crippen LogP contribution >= 0.6 is 0 Å². The molecule has 0 amide bonds. The van der Waals surface area contributed by atoms with E-state index >= 15 is 0 Å². The number of rotatable bonds is 7. The summed E-state index contributed by atoms with van der Waals surface area (Å²) in [6, 6.07) is 0. The van der Waals surface area contributed by atoms with Crippen LogP contribution in [0.1, 0.15) is 47.0 Å². The van der Waals surface area contributed by atoms with Gasteiger partial charge in [-0.1, -0.05) is 51.8 Å². The van der Waals surface area contributed by atoms with Crippen LogP contribution in [0.25, 0.3) is 0 Å². The van der Waals surface area contributed by atoms with E-state index in [1.54, 1.807) is 6.08 Å². The molecule has 1 unspecified atom stereocenters. The lowest BCUT2D eigenvalue weighted by atomic mass is 9.99. The first kappa shape index (κ1) is 15.0. The molecule has 0 saturated heterocycles. The minimum Gasteiger partial charge on any atom is -0.516 e. The molecule has 0 aromatic heterocycles. The minimum atomic E-state index is 0.640. The topological polar surface area (TPSA) is 20.2 Å². The molecule has 92 valence electrons. The van der Waals surface area contributed by atoms with Crippen molar-refractivity contribution in [1.82, 2.24) is 0 Å². The zero-order chi connectivity index (χ0) is 12.4. The van der Waals surface area contributed by atoms with Crippen molar-refractivity contribution >= 4 is 0 Å². The van der Waals surface area contributed by atoms with Gasteiger partial charge in [-0.2, -0.15) is 0 Å². The highest BCUT2D eigenvalue weighted by molar-refractivity contribution is 5.20. The highest BCUT2D eigenvalue weighted by Gasteiger charge is 1.98. The van der Waals surface area contributed by atoms with Crippen LogP contribution in [0.3, 0.4) is 0 Å². The van der Waals surface area contributed by atoms with Gasteiger partial charge >= 0.3 is 0 Å². The SMILES string of the molecule is CC(C=CO)=CC=CC(C)CCCC(C)C. The molecule has 1 heteroatoms. The van der Waals surface area contributed by atoms with Crippen molar-refractivity contribution in [2.75, 3.05) is 0 Å². The number of aliphatic hydroxyl groups excluding tert-OH is 1. The van der Waals surface area contributed by atoms with Gasteiger partial charge in [0.2, 0.25) is 0 Å². The van der Waals surface area contributed by atoms with Gasteiger partial charge in [0.05, 0.1) is 6.26 Å². The quantitative estimate of drug-likeness (QED) is 0.473. The van der Waals surface area contributed by atoms with Gasteiger partial charge in [0.1, 0.15) is 0 Å². The molecule has 1 N–H and O–H groups in total. The largest absolute Gasteiger partial charge is 0.516 e. The van der Waals surface area contributed by atoms with Crippen LogP contribution in [0.5, 0.6) is 0 Å². The Labute approximate surface area is 101 Å². The van der Waals surface area contributed by atoms with Gasteiger partial charge in [-0.25, -0.2) is 0 Å². The van der Waals surface area contributed by atoms with Gasteiger partial charge in [0.25, 0.3) is 0 Å². The van der Waals surface area contributed by atoms with Gasteiger partial charge < -0.3 is 5.11 Å². The van der Waals surface area contributed by atoms with Crippen molar-refractivity contribution < 1.29 is 5.11 Å². The maximum absolute atomic E-state index is 8.57. The Morgan fingerprint density at radius 1 is 1.19 bits per heavy atom. The predicted octanol–water partition coefficient (Wildman–Crippen LogP) is 5.02. The zero-order valence-electron chi connectivity index (χ0n) is 11.1. The van der Waals surface area contributed by atoms with Crippen LogP contribution in [-0.4, -0.2) is 5.11 Å². The second kappa shape index (κ2) is 9.26. The molecule has 0 aliphatic rings. The van der Waals surface area contributed by atoms with E-state index in [4.69, 9.17) is 5.11 Å². The van der Waals surface area contributed by atoms with Crippen molar-refractivity contribution in [2.45, 2.75) is 47.0 Å². The summed E-state index contributed by atoms with van der Waals surface area (Å²) in [6.07, 6.45) is 13.0. The lowest BCUT2D eigenvalue weighted by Gasteiger charge is -2.07. The summed E-state index contributed by atoms with van der Waals surface area (Å²) in [6.45, 7) is 8.77. The standard InChI is InChI=1S/C15H26O/c1-13(2)7-5-8-14(3)9-6-10-15(4)11-12-16/h6,9-14,16H,5,7-8H2,1-4H3. The van der Waals surface area contributed by atoms with E-state index in [-0.39, 0.29) is 0 Å². The molecule has 1 nitrogen and oxygen atoms in total. The van der Waals surface area contributed by atoms with Gasteiger partial charge in [-0.15, -0.1) is 0 Å². The summed E-state index contributed by atoms with van der Waals surface area (Å²) in [5.74, 6) is 1.45. The zero-order valence-corrected chi connectivity index (χ0v) is 11.1. The van der Waals surface area contributed by atoms with Crippen molar-refractivity contribution in [3.05, 3.63) is 36.1 Å². The third kappa shape index (κ3) is 9.57. The van der Waals surface area contributed by atoms with Crippen LogP contribution in [0.4, 0.5) is 0 Å². The third-order valence-corrected chi connectivity index (χ3v) is 2.58. The minimum absolute atomic E-state index is 0.640. The van der Waals surface area contributed by atoms with E-state index in [2.05, 4.69) is 32.9 Å². The Bertz CT molecular complexity index is 246. The average Bonchev–Trinajstić information content (AvgIpc) is 2.17. The highest BCUT2D eigenvalue weighted by Crippen LogP contribution is 2.13. The predicted molar refractivity (Wildman–Crippen MR) is 72.5 cm³/mol. The molecule has 0 aliphatic heterocycles. The highest BCUT2D eigenvalue weighted by atomic mass is 16.2. The van der Waals surface area contributed by atoms with Gasteiger partial charge in [0.15, 0.2) is 0 Å². The Hall–Kier alpha value is -0.980. The first-order valence-corrected chi connectivity index (χ1v) is 6.22. The molecule has 16 heavy (non-hydrogen) atoms. The van der Waals surface area contributed by atoms with Crippen LogP contribution < -0.4 is 0 Å². The van der Waals surface area contributed by atoms with Crippen LogP contribution in [-0.2, 0) is 0 Å². The summed E-state index contributed by atoms with van der Waals surface area (Å²) in [5.41, 5.74) is 1.06. The first-order valence-electron chi connectivity index (χ1n) is 6.22.